The maximum Gasteiger partial charge on any atom is 0.257 e. The molecule has 2 N–H and O–H groups in total. The van der Waals surface area contributed by atoms with Crippen LogP contribution in [0.1, 0.15) is 34.6 Å². The van der Waals surface area contributed by atoms with Crippen LogP contribution < -0.4 is 15.4 Å². The lowest BCUT2D eigenvalue weighted by atomic mass is 10.1. The highest BCUT2D eigenvalue weighted by atomic mass is 79.9. The quantitative estimate of drug-likeness (QED) is 0.500. The number of carbonyl (C=O) groups excluding carboxylic acids is 2. The smallest absolute Gasteiger partial charge is 0.257 e. The summed E-state index contributed by atoms with van der Waals surface area (Å²) in [5.41, 5.74) is 1.95. The van der Waals surface area contributed by atoms with E-state index < -0.39 is 0 Å². The Hall–Kier alpha value is -3.12. The summed E-state index contributed by atoms with van der Waals surface area (Å²) >= 11 is 3.44. The topological polar surface area (TPSA) is 67.4 Å². The van der Waals surface area contributed by atoms with Crippen LogP contribution in [0.3, 0.4) is 0 Å². The van der Waals surface area contributed by atoms with E-state index in [9.17, 15) is 9.59 Å². The van der Waals surface area contributed by atoms with Gasteiger partial charge in [0.2, 0.25) is 0 Å². The fourth-order valence-electron chi connectivity index (χ4n) is 2.70. The lowest BCUT2D eigenvalue weighted by Crippen LogP contribution is -2.18. The van der Waals surface area contributed by atoms with E-state index in [2.05, 4.69) is 26.6 Å². The monoisotopic (exact) mass is 452 g/mol. The van der Waals surface area contributed by atoms with Crippen molar-refractivity contribution < 1.29 is 14.3 Å². The summed E-state index contributed by atoms with van der Waals surface area (Å²) in [6.07, 6.45) is 0.0287. The van der Waals surface area contributed by atoms with Gasteiger partial charge in [-0.3, -0.25) is 9.59 Å². The highest BCUT2D eigenvalue weighted by molar-refractivity contribution is 9.10. The summed E-state index contributed by atoms with van der Waals surface area (Å²) < 4.78 is 6.36. The average molecular weight is 453 g/mol. The van der Waals surface area contributed by atoms with Crippen LogP contribution in [0.2, 0.25) is 0 Å². The Morgan fingerprint density at radius 3 is 2.24 bits per heavy atom. The van der Waals surface area contributed by atoms with Crippen LogP contribution in [-0.2, 0) is 0 Å². The van der Waals surface area contributed by atoms with Gasteiger partial charge in [0.05, 0.1) is 21.8 Å². The minimum Gasteiger partial charge on any atom is -0.490 e. The first kappa shape index (κ1) is 20.6. The molecule has 0 unspecified atom stereocenters. The molecule has 3 rings (SSSR count). The summed E-state index contributed by atoms with van der Waals surface area (Å²) in [4.78, 5) is 25.4. The Kier molecular flexibility index (Phi) is 6.67. The van der Waals surface area contributed by atoms with Crippen molar-refractivity contribution in [2.45, 2.75) is 20.0 Å². The molecule has 0 aliphatic carbocycles. The van der Waals surface area contributed by atoms with Gasteiger partial charge in [-0.1, -0.05) is 30.3 Å². The predicted molar refractivity (Wildman–Crippen MR) is 119 cm³/mol. The van der Waals surface area contributed by atoms with Gasteiger partial charge < -0.3 is 15.4 Å². The van der Waals surface area contributed by atoms with Crippen molar-refractivity contribution in [3.63, 3.8) is 0 Å². The zero-order valence-electron chi connectivity index (χ0n) is 16.1. The zero-order valence-corrected chi connectivity index (χ0v) is 17.7. The molecule has 29 heavy (non-hydrogen) atoms. The molecule has 0 heterocycles. The molecule has 0 fully saturated rings. The number of amides is 2. The Balaban J connectivity index is 1.77. The number of hydrogen-bond acceptors (Lipinski definition) is 3. The van der Waals surface area contributed by atoms with Gasteiger partial charge in [0.1, 0.15) is 5.75 Å². The fraction of sp³-hybridized carbons (Fsp3) is 0.130. The highest BCUT2D eigenvalue weighted by Crippen LogP contribution is 2.27. The van der Waals surface area contributed by atoms with Crippen molar-refractivity contribution in [1.29, 1.82) is 0 Å². The van der Waals surface area contributed by atoms with Crippen LogP contribution in [0.5, 0.6) is 5.75 Å². The van der Waals surface area contributed by atoms with Gasteiger partial charge in [0.25, 0.3) is 11.8 Å². The molecule has 0 atom stereocenters. The molecule has 2 amide bonds. The van der Waals surface area contributed by atoms with Crippen molar-refractivity contribution in [2.24, 2.45) is 0 Å². The minimum atomic E-state index is -0.318. The Labute approximate surface area is 178 Å². The van der Waals surface area contributed by atoms with Crippen LogP contribution >= 0.6 is 15.9 Å². The number of nitrogens with one attached hydrogen (secondary N) is 2. The number of anilines is 2. The summed E-state index contributed by atoms with van der Waals surface area (Å²) in [7, 11) is 0. The maximum absolute atomic E-state index is 12.7. The molecule has 0 radical (unpaired) electrons. The van der Waals surface area contributed by atoms with Crippen LogP contribution in [0, 0.1) is 0 Å². The third-order valence-corrected chi connectivity index (χ3v) is 4.63. The van der Waals surface area contributed by atoms with E-state index in [1.165, 1.54) is 0 Å². The van der Waals surface area contributed by atoms with Crippen molar-refractivity contribution >= 4 is 39.1 Å². The summed E-state index contributed by atoms with van der Waals surface area (Å²) in [6.45, 7) is 3.87. The number of halogens is 1. The molecule has 5 nitrogen and oxygen atoms in total. The molecule has 0 bridgehead atoms. The molecule has 3 aromatic carbocycles. The summed E-state index contributed by atoms with van der Waals surface area (Å²) in [6, 6.07) is 21.2. The van der Waals surface area contributed by atoms with Gasteiger partial charge in [-0.05, 0) is 72.2 Å². The SMILES string of the molecule is CC(C)Oc1ccc(C(=O)Nc2ccccc2C(=O)Nc2ccccc2)cc1Br. The van der Waals surface area contributed by atoms with Crippen molar-refractivity contribution in [3.8, 4) is 5.75 Å². The van der Waals surface area contributed by atoms with Gasteiger partial charge in [0, 0.05) is 11.3 Å². The third kappa shape index (κ3) is 5.45. The number of ether oxygens (including phenoxy) is 1. The number of benzene rings is 3. The molecule has 0 spiro atoms. The van der Waals surface area contributed by atoms with Crippen molar-refractivity contribution in [2.75, 3.05) is 10.6 Å². The third-order valence-electron chi connectivity index (χ3n) is 4.01. The van der Waals surface area contributed by atoms with Gasteiger partial charge in [-0.15, -0.1) is 0 Å². The number of rotatable bonds is 6. The molecule has 0 aliphatic rings. The lowest BCUT2D eigenvalue weighted by Gasteiger charge is -2.14. The summed E-state index contributed by atoms with van der Waals surface area (Å²) in [5.74, 6) is 0.0508. The van der Waals surface area contributed by atoms with Crippen LogP contribution in [-0.4, -0.2) is 17.9 Å². The molecule has 0 aliphatic heterocycles. The minimum absolute atomic E-state index is 0.0287. The van der Waals surface area contributed by atoms with Crippen molar-refractivity contribution in [1.82, 2.24) is 0 Å². The first-order valence-corrected chi connectivity index (χ1v) is 9.96. The average Bonchev–Trinajstić information content (AvgIpc) is 2.70. The second-order valence-corrected chi connectivity index (χ2v) is 7.49. The second kappa shape index (κ2) is 9.39. The maximum atomic E-state index is 12.7. The molecule has 6 heteroatoms. The molecule has 148 valence electrons. The van der Waals surface area contributed by atoms with E-state index >= 15 is 0 Å². The van der Waals surface area contributed by atoms with Crippen LogP contribution in [0.25, 0.3) is 0 Å². The van der Waals surface area contributed by atoms with E-state index in [-0.39, 0.29) is 17.9 Å². The van der Waals surface area contributed by atoms with Gasteiger partial charge in [-0.2, -0.15) is 0 Å². The Morgan fingerprint density at radius 2 is 1.55 bits per heavy atom. The van der Waals surface area contributed by atoms with Crippen LogP contribution in [0.4, 0.5) is 11.4 Å². The highest BCUT2D eigenvalue weighted by Gasteiger charge is 2.15. The predicted octanol–water partition coefficient (Wildman–Crippen LogP) is 5.74. The Morgan fingerprint density at radius 1 is 0.862 bits per heavy atom. The van der Waals surface area contributed by atoms with E-state index in [0.29, 0.717) is 32.7 Å². The first-order chi connectivity index (χ1) is 13.9. The fourth-order valence-corrected chi connectivity index (χ4v) is 3.17. The van der Waals surface area contributed by atoms with Gasteiger partial charge >= 0.3 is 0 Å². The molecule has 0 aromatic heterocycles. The van der Waals surface area contributed by atoms with E-state index in [4.69, 9.17) is 4.74 Å². The van der Waals surface area contributed by atoms with Gasteiger partial charge in [0.15, 0.2) is 0 Å². The standard InChI is InChI=1S/C23H21BrN2O3/c1-15(2)29-21-13-12-16(14-19(21)24)22(27)26-20-11-7-6-10-18(20)23(28)25-17-8-4-3-5-9-17/h3-15H,1-2H3,(H,25,28)(H,26,27). The van der Waals surface area contributed by atoms with Gasteiger partial charge in [-0.25, -0.2) is 0 Å². The summed E-state index contributed by atoms with van der Waals surface area (Å²) in [5, 5.41) is 5.65. The molecule has 0 saturated heterocycles. The number of hydrogen-bond donors (Lipinski definition) is 2. The van der Waals surface area contributed by atoms with Crippen LogP contribution in [0.15, 0.2) is 77.3 Å². The van der Waals surface area contributed by atoms with E-state index in [1.54, 1.807) is 54.6 Å². The normalized spacial score (nSPS) is 10.5. The first-order valence-electron chi connectivity index (χ1n) is 9.17. The Bertz CT molecular complexity index is 1020. The second-order valence-electron chi connectivity index (χ2n) is 6.63. The van der Waals surface area contributed by atoms with E-state index in [1.807, 2.05) is 32.0 Å². The number of carbonyl (C=O) groups is 2. The van der Waals surface area contributed by atoms with Crippen molar-refractivity contribution in [3.05, 3.63) is 88.4 Å². The molecular formula is C23H21BrN2O3. The largest absolute Gasteiger partial charge is 0.490 e. The molecule has 0 saturated carbocycles. The number of para-hydroxylation sites is 2. The lowest BCUT2D eigenvalue weighted by molar-refractivity contribution is 0.102. The molecular weight excluding hydrogens is 432 g/mol. The van der Waals surface area contributed by atoms with E-state index in [0.717, 1.165) is 0 Å². The molecule has 3 aromatic rings. The zero-order chi connectivity index (χ0) is 20.8.